The molecule has 2 rings (SSSR count). The van der Waals surface area contributed by atoms with Gasteiger partial charge in [-0.3, -0.25) is 5.32 Å². The molecule has 22 heavy (non-hydrogen) atoms. The molecule has 0 aliphatic rings. The van der Waals surface area contributed by atoms with Crippen LogP contribution in [0.15, 0.2) is 30.3 Å². The van der Waals surface area contributed by atoms with Crippen LogP contribution in [0.25, 0.3) is 0 Å². The Hall–Kier alpha value is -2.48. The van der Waals surface area contributed by atoms with Crippen LogP contribution in [0.3, 0.4) is 0 Å². The van der Waals surface area contributed by atoms with Gasteiger partial charge in [-0.15, -0.1) is 5.10 Å². The van der Waals surface area contributed by atoms with Crippen LogP contribution in [0, 0.1) is 0 Å². The first kappa shape index (κ1) is 15.9. The van der Waals surface area contributed by atoms with Crippen LogP contribution in [-0.2, 0) is 4.74 Å². The Balaban J connectivity index is 2.00. The third-order valence-electron chi connectivity index (χ3n) is 2.82. The third kappa shape index (κ3) is 4.26. The molecule has 0 saturated heterocycles. The Labute approximate surface area is 131 Å². The second-order valence-corrected chi connectivity index (χ2v) is 5.27. The molecule has 1 atom stereocenters. The number of benzene rings is 1. The van der Waals surface area contributed by atoms with Gasteiger partial charge in [0.25, 0.3) is 0 Å². The number of para-hydroxylation sites is 1. The SMILES string of the molecule is CC[C@@H](C)OC(=O)c1snnc1NC(=O)Nc1ccccc1. The highest BCUT2D eigenvalue weighted by molar-refractivity contribution is 7.08. The van der Waals surface area contributed by atoms with Gasteiger partial charge in [-0.25, -0.2) is 9.59 Å². The van der Waals surface area contributed by atoms with E-state index in [0.717, 1.165) is 11.5 Å². The number of rotatable bonds is 5. The lowest BCUT2D eigenvalue weighted by Gasteiger charge is -2.10. The van der Waals surface area contributed by atoms with Crippen molar-refractivity contribution in [3.05, 3.63) is 35.2 Å². The van der Waals surface area contributed by atoms with Crippen LogP contribution in [0.2, 0.25) is 0 Å². The van der Waals surface area contributed by atoms with Gasteiger partial charge in [0.1, 0.15) is 0 Å². The Morgan fingerprint density at radius 1 is 1.27 bits per heavy atom. The Morgan fingerprint density at radius 2 is 2.00 bits per heavy atom. The van der Waals surface area contributed by atoms with Crippen molar-refractivity contribution in [1.29, 1.82) is 0 Å². The first-order chi connectivity index (χ1) is 10.6. The van der Waals surface area contributed by atoms with Crippen molar-refractivity contribution < 1.29 is 14.3 Å². The van der Waals surface area contributed by atoms with E-state index >= 15 is 0 Å². The van der Waals surface area contributed by atoms with Crippen LogP contribution >= 0.6 is 11.5 Å². The van der Waals surface area contributed by atoms with E-state index < -0.39 is 12.0 Å². The number of aromatic nitrogens is 2. The van der Waals surface area contributed by atoms with Gasteiger partial charge in [0, 0.05) is 5.69 Å². The lowest BCUT2D eigenvalue weighted by Crippen LogP contribution is -2.21. The van der Waals surface area contributed by atoms with Crippen LogP contribution in [0.5, 0.6) is 0 Å². The molecule has 0 bridgehead atoms. The minimum atomic E-state index is -0.542. The quantitative estimate of drug-likeness (QED) is 0.826. The van der Waals surface area contributed by atoms with Crippen molar-refractivity contribution in [2.75, 3.05) is 10.6 Å². The molecule has 8 heteroatoms. The molecule has 0 aliphatic heterocycles. The van der Waals surface area contributed by atoms with Crippen LogP contribution in [0.4, 0.5) is 16.3 Å². The molecule has 1 heterocycles. The van der Waals surface area contributed by atoms with E-state index in [1.807, 2.05) is 13.0 Å². The maximum atomic E-state index is 12.0. The number of hydrogen-bond donors (Lipinski definition) is 2. The summed E-state index contributed by atoms with van der Waals surface area (Å²) in [5, 5.41) is 8.88. The zero-order valence-corrected chi connectivity index (χ0v) is 13.0. The second-order valence-electron chi connectivity index (χ2n) is 4.52. The van der Waals surface area contributed by atoms with E-state index in [9.17, 15) is 9.59 Å². The van der Waals surface area contributed by atoms with E-state index in [1.54, 1.807) is 31.2 Å². The van der Waals surface area contributed by atoms with Crippen molar-refractivity contribution >= 4 is 35.0 Å². The molecule has 0 saturated carbocycles. The number of nitrogens with one attached hydrogen (secondary N) is 2. The summed E-state index contributed by atoms with van der Waals surface area (Å²) in [7, 11) is 0. The van der Waals surface area contributed by atoms with Gasteiger partial charge in [-0.2, -0.15) is 0 Å². The summed E-state index contributed by atoms with van der Waals surface area (Å²) in [6.45, 7) is 3.71. The smallest absolute Gasteiger partial charge is 0.354 e. The number of urea groups is 1. The average molecular weight is 320 g/mol. The molecule has 2 aromatic rings. The lowest BCUT2D eigenvalue weighted by atomic mass is 10.3. The molecule has 2 N–H and O–H groups in total. The van der Waals surface area contributed by atoms with E-state index in [0.29, 0.717) is 12.1 Å². The number of nitrogens with zero attached hydrogens (tertiary/aromatic N) is 2. The van der Waals surface area contributed by atoms with Crippen LogP contribution in [0.1, 0.15) is 29.9 Å². The fourth-order valence-corrected chi connectivity index (χ4v) is 2.02. The minimum Gasteiger partial charge on any atom is -0.458 e. The zero-order chi connectivity index (χ0) is 15.9. The molecule has 0 unspecified atom stereocenters. The lowest BCUT2D eigenvalue weighted by molar-refractivity contribution is 0.0341. The number of amides is 2. The number of carbonyl (C=O) groups excluding carboxylic acids is 2. The Morgan fingerprint density at radius 3 is 2.68 bits per heavy atom. The summed E-state index contributed by atoms with van der Waals surface area (Å²) < 4.78 is 8.89. The van der Waals surface area contributed by atoms with Crippen molar-refractivity contribution in [2.24, 2.45) is 0 Å². The predicted octanol–water partition coefficient (Wildman–Crippen LogP) is 3.14. The summed E-state index contributed by atoms with van der Waals surface area (Å²) in [6, 6.07) is 8.44. The molecule has 7 nitrogen and oxygen atoms in total. The number of hydrogen-bond acceptors (Lipinski definition) is 6. The normalized spacial score (nSPS) is 11.5. The van der Waals surface area contributed by atoms with Crippen molar-refractivity contribution in [2.45, 2.75) is 26.4 Å². The van der Waals surface area contributed by atoms with Crippen molar-refractivity contribution in [3.63, 3.8) is 0 Å². The monoisotopic (exact) mass is 320 g/mol. The molecule has 2 amide bonds. The highest BCUT2D eigenvalue weighted by Gasteiger charge is 2.21. The van der Waals surface area contributed by atoms with Gasteiger partial charge < -0.3 is 10.1 Å². The fourth-order valence-electron chi connectivity index (χ4n) is 1.52. The molecule has 0 fully saturated rings. The van der Waals surface area contributed by atoms with Crippen molar-refractivity contribution in [3.8, 4) is 0 Å². The Bertz CT molecular complexity index is 645. The second kappa shape index (κ2) is 7.51. The number of anilines is 2. The molecular weight excluding hydrogens is 304 g/mol. The molecule has 116 valence electrons. The van der Waals surface area contributed by atoms with E-state index in [2.05, 4.69) is 20.2 Å². The molecule has 1 aromatic heterocycles. The van der Waals surface area contributed by atoms with Gasteiger partial charge in [0.05, 0.1) is 6.10 Å². The standard InChI is InChI=1S/C14H16N4O3S/c1-3-9(2)21-13(19)11-12(17-18-22-11)16-14(20)15-10-7-5-4-6-8-10/h4-9H,3H2,1-2H3,(H2,15,16,20)/t9-/m1/s1. The highest BCUT2D eigenvalue weighted by atomic mass is 32.1. The van der Waals surface area contributed by atoms with Crippen LogP contribution < -0.4 is 10.6 Å². The van der Waals surface area contributed by atoms with Crippen LogP contribution in [-0.4, -0.2) is 27.7 Å². The molecule has 0 aliphatic carbocycles. The third-order valence-corrected chi connectivity index (χ3v) is 3.53. The molecular formula is C14H16N4O3S. The largest absolute Gasteiger partial charge is 0.458 e. The van der Waals surface area contributed by atoms with E-state index in [-0.39, 0.29) is 16.8 Å². The number of ether oxygens (including phenoxy) is 1. The molecule has 1 aromatic carbocycles. The summed E-state index contributed by atoms with van der Waals surface area (Å²) >= 11 is 0.880. The highest BCUT2D eigenvalue weighted by Crippen LogP contribution is 2.19. The number of carbonyl (C=O) groups is 2. The van der Waals surface area contributed by atoms with Gasteiger partial charge in [0.15, 0.2) is 10.7 Å². The number of esters is 1. The van der Waals surface area contributed by atoms with E-state index in [1.165, 1.54) is 0 Å². The van der Waals surface area contributed by atoms with Gasteiger partial charge in [0.2, 0.25) is 0 Å². The fraction of sp³-hybridized carbons (Fsp3) is 0.286. The Kier molecular flexibility index (Phi) is 5.42. The summed E-state index contributed by atoms with van der Waals surface area (Å²) in [4.78, 5) is 24.0. The summed E-state index contributed by atoms with van der Waals surface area (Å²) in [6.07, 6.45) is 0.496. The van der Waals surface area contributed by atoms with Gasteiger partial charge in [-0.05, 0) is 37.0 Å². The molecule has 0 radical (unpaired) electrons. The topological polar surface area (TPSA) is 93.2 Å². The zero-order valence-electron chi connectivity index (χ0n) is 12.2. The van der Waals surface area contributed by atoms with Crippen molar-refractivity contribution in [1.82, 2.24) is 9.59 Å². The summed E-state index contributed by atoms with van der Waals surface area (Å²) in [5.74, 6) is -0.453. The van der Waals surface area contributed by atoms with E-state index in [4.69, 9.17) is 4.74 Å². The maximum absolute atomic E-state index is 12.0. The van der Waals surface area contributed by atoms with Gasteiger partial charge in [-0.1, -0.05) is 29.6 Å². The molecule has 0 spiro atoms. The average Bonchev–Trinajstić information content (AvgIpc) is 2.96. The predicted molar refractivity (Wildman–Crippen MR) is 84.2 cm³/mol. The first-order valence-electron chi connectivity index (χ1n) is 6.76. The maximum Gasteiger partial charge on any atom is 0.354 e. The minimum absolute atomic E-state index is 0.0896. The first-order valence-corrected chi connectivity index (χ1v) is 7.54. The van der Waals surface area contributed by atoms with Gasteiger partial charge >= 0.3 is 12.0 Å². The summed E-state index contributed by atoms with van der Waals surface area (Å²) in [5.41, 5.74) is 0.631.